The number of carbonyl (C=O) groups is 2. The number of hydrogen-bond acceptors (Lipinski definition) is 5. The molecule has 1 fully saturated rings. The molecule has 0 radical (unpaired) electrons. The van der Waals surface area contributed by atoms with Crippen LogP contribution in [0, 0.1) is 5.92 Å². The molecule has 3 aromatic rings. The zero-order valence-electron chi connectivity index (χ0n) is 16.6. The minimum absolute atomic E-state index is 0.00678. The van der Waals surface area contributed by atoms with E-state index in [1.807, 2.05) is 47.4 Å². The topological polar surface area (TPSA) is 88.1 Å². The molecule has 1 aliphatic heterocycles. The first-order valence-corrected chi connectivity index (χ1v) is 10.0. The van der Waals surface area contributed by atoms with Crippen LogP contribution >= 0.6 is 0 Å². The summed E-state index contributed by atoms with van der Waals surface area (Å²) in [6.45, 7) is 1.88. The molecule has 3 heterocycles. The highest BCUT2D eigenvalue weighted by atomic mass is 16.2. The molecule has 4 rings (SSSR count). The van der Waals surface area contributed by atoms with Gasteiger partial charge >= 0.3 is 0 Å². The van der Waals surface area contributed by atoms with Crippen molar-refractivity contribution in [1.29, 1.82) is 0 Å². The molecule has 30 heavy (non-hydrogen) atoms. The highest BCUT2D eigenvalue weighted by Gasteiger charge is 2.27. The van der Waals surface area contributed by atoms with Crippen LogP contribution in [0.2, 0.25) is 0 Å². The number of amides is 2. The SMILES string of the molecule is O=C(NCc1ccccn1)c1ccc(CC2CCN(C(=O)c3ccnnc3)C2)cc1. The van der Waals surface area contributed by atoms with Gasteiger partial charge in [-0.15, -0.1) is 0 Å². The molecule has 1 saturated heterocycles. The number of rotatable bonds is 6. The van der Waals surface area contributed by atoms with Crippen LogP contribution < -0.4 is 5.32 Å². The number of hydrogen-bond donors (Lipinski definition) is 1. The van der Waals surface area contributed by atoms with E-state index in [1.54, 1.807) is 12.3 Å². The van der Waals surface area contributed by atoms with Crippen molar-refractivity contribution < 1.29 is 9.59 Å². The standard InChI is InChI=1S/C23H23N5O2/c29-22(25-15-21-3-1-2-10-24-21)19-6-4-17(5-7-19)13-18-9-12-28(16-18)23(30)20-8-11-26-27-14-20/h1-8,10-11,14,18H,9,12-13,15-16H2,(H,25,29). The van der Waals surface area contributed by atoms with Gasteiger partial charge in [0.25, 0.3) is 11.8 Å². The number of likely N-dealkylation sites (tertiary alicyclic amines) is 1. The minimum Gasteiger partial charge on any atom is -0.346 e. The van der Waals surface area contributed by atoms with Gasteiger partial charge in [0.2, 0.25) is 0 Å². The predicted octanol–water partition coefficient (Wildman–Crippen LogP) is 2.51. The van der Waals surface area contributed by atoms with Crippen molar-refractivity contribution in [3.8, 4) is 0 Å². The lowest BCUT2D eigenvalue weighted by atomic mass is 9.98. The molecule has 0 aliphatic carbocycles. The van der Waals surface area contributed by atoms with Crippen LogP contribution in [0.4, 0.5) is 0 Å². The van der Waals surface area contributed by atoms with E-state index in [-0.39, 0.29) is 11.8 Å². The van der Waals surface area contributed by atoms with Crippen LogP contribution in [0.3, 0.4) is 0 Å². The van der Waals surface area contributed by atoms with Gasteiger partial charge in [0.15, 0.2) is 0 Å². The third-order valence-electron chi connectivity index (χ3n) is 5.30. The summed E-state index contributed by atoms with van der Waals surface area (Å²) in [6.07, 6.45) is 6.61. The van der Waals surface area contributed by atoms with E-state index in [0.717, 1.165) is 31.6 Å². The van der Waals surface area contributed by atoms with Crippen molar-refractivity contribution in [2.24, 2.45) is 5.92 Å². The van der Waals surface area contributed by atoms with Crippen molar-refractivity contribution >= 4 is 11.8 Å². The molecule has 1 N–H and O–H groups in total. The number of nitrogens with one attached hydrogen (secondary N) is 1. The lowest BCUT2D eigenvalue weighted by Crippen LogP contribution is -2.29. The van der Waals surface area contributed by atoms with Gasteiger partial charge in [-0.2, -0.15) is 10.2 Å². The monoisotopic (exact) mass is 401 g/mol. The second-order valence-electron chi connectivity index (χ2n) is 7.44. The van der Waals surface area contributed by atoms with Gasteiger partial charge in [0, 0.05) is 24.8 Å². The van der Waals surface area contributed by atoms with Gasteiger partial charge in [0.1, 0.15) is 0 Å². The molecule has 0 spiro atoms. The zero-order valence-corrected chi connectivity index (χ0v) is 16.6. The Labute approximate surface area is 175 Å². The lowest BCUT2D eigenvalue weighted by Gasteiger charge is -2.16. The van der Waals surface area contributed by atoms with E-state index in [2.05, 4.69) is 20.5 Å². The average molecular weight is 401 g/mol. The largest absolute Gasteiger partial charge is 0.346 e. The molecule has 1 aliphatic rings. The van der Waals surface area contributed by atoms with Gasteiger partial charge in [-0.1, -0.05) is 18.2 Å². The second-order valence-corrected chi connectivity index (χ2v) is 7.44. The Kier molecular flexibility index (Phi) is 6.08. The molecule has 0 bridgehead atoms. The number of carbonyl (C=O) groups excluding carboxylic acids is 2. The van der Waals surface area contributed by atoms with Crippen molar-refractivity contribution in [1.82, 2.24) is 25.4 Å². The smallest absolute Gasteiger partial charge is 0.255 e. The highest BCUT2D eigenvalue weighted by Crippen LogP contribution is 2.22. The molecule has 1 atom stereocenters. The van der Waals surface area contributed by atoms with Crippen molar-refractivity contribution in [3.05, 3.63) is 89.5 Å². The van der Waals surface area contributed by atoms with Crippen molar-refractivity contribution in [2.45, 2.75) is 19.4 Å². The Bertz CT molecular complexity index is 993. The molecule has 7 heteroatoms. The third kappa shape index (κ3) is 4.86. The predicted molar refractivity (Wildman–Crippen MR) is 112 cm³/mol. The van der Waals surface area contributed by atoms with Gasteiger partial charge in [-0.05, 0) is 54.7 Å². The summed E-state index contributed by atoms with van der Waals surface area (Å²) in [6, 6.07) is 15.0. The fourth-order valence-corrected chi connectivity index (χ4v) is 3.68. The maximum atomic E-state index is 12.5. The summed E-state index contributed by atoms with van der Waals surface area (Å²) in [4.78, 5) is 31.0. The van der Waals surface area contributed by atoms with Crippen molar-refractivity contribution in [2.75, 3.05) is 13.1 Å². The third-order valence-corrected chi connectivity index (χ3v) is 5.30. The van der Waals surface area contributed by atoms with Crippen LogP contribution in [0.1, 0.15) is 38.4 Å². The molecule has 1 unspecified atom stereocenters. The number of pyridine rings is 1. The van der Waals surface area contributed by atoms with E-state index in [9.17, 15) is 9.59 Å². The molecular weight excluding hydrogens is 378 g/mol. The maximum absolute atomic E-state index is 12.5. The van der Waals surface area contributed by atoms with E-state index >= 15 is 0 Å². The molecule has 2 aromatic heterocycles. The van der Waals surface area contributed by atoms with Crippen LogP contribution in [0.5, 0.6) is 0 Å². The van der Waals surface area contributed by atoms with Crippen LogP contribution in [-0.2, 0) is 13.0 Å². The van der Waals surface area contributed by atoms with Gasteiger partial charge in [0.05, 0.1) is 30.2 Å². The lowest BCUT2D eigenvalue weighted by molar-refractivity contribution is 0.0786. The first-order chi connectivity index (χ1) is 14.7. The van der Waals surface area contributed by atoms with E-state index < -0.39 is 0 Å². The summed E-state index contributed by atoms with van der Waals surface area (Å²) in [7, 11) is 0. The fourth-order valence-electron chi connectivity index (χ4n) is 3.68. The first kappa shape index (κ1) is 19.7. The molecule has 0 saturated carbocycles. The quantitative estimate of drug-likeness (QED) is 0.686. The first-order valence-electron chi connectivity index (χ1n) is 10.0. The molecule has 2 amide bonds. The van der Waals surface area contributed by atoms with Gasteiger partial charge in [-0.25, -0.2) is 0 Å². The zero-order chi connectivity index (χ0) is 20.8. The fraction of sp³-hybridized carbons (Fsp3) is 0.261. The van der Waals surface area contributed by atoms with Crippen LogP contribution in [0.15, 0.2) is 67.1 Å². The Balaban J connectivity index is 1.28. The molecule has 1 aromatic carbocycles. The molecular formula is C23H23N5O2. The molecule has 152 valence electrons. The Morgan fingerprint density at radius 2 is 1.87 bits per heavy atom. The van der Waals surface area contributed by atoms with E-state index in [0.29, 0.717) is 23.6 Å². The Hall–Kier alpha value is -3.61. The summed E-state index contributed by atoms with van der Waals surface area (Å²) >= 11 is 0. The molecule has 7 nitrogen and oxygen atoms in total. The summed E-state index contributed by atoms with van der Waals surface area (Å²) in [5.74, 6) is 0.302. The minimum atomic E-state index is -0.115. The van der Waals surface area contributed by atoms with Gasteiger partial charge < -0.3 is 10.2 Å². The van der Waals surface area contributed by atoms with Gasteiger partial charge in [-0.3, -0.25) is 14.6 Å². The highest BCUT2D eigenvalue weighted by molar-refractivity contribution is 5.94. The number of nitrogens with zero attached hydrogens (tertiary/aromatic N) is 4. The van der Waals surface area contributed by atoms with E-state index in [4.69, 9.17) is 0 Å². The summed E-state index contributed by atoms with van der Waals surface area (Å²) < 4.78 is 0. The van der Waals surface area contributed by atoms with Crippen molar-refractivity contribution in [3.63, 3.8) is 0 Å². The number of benzene rings is 1. The Morgan fingerprint density at radius 3 is 2.60 bits per heavy atom. The van der Waals surface area contributed by atoms with E-state index in [1.165, 1.54) is 18.0 Å². The number of aromatic nitrogens is 3. The normalized spacial score (nSPS) is 15.7. The Morgan fingerprint density at radius 1 is 1.00 bits per heavy atom. The van der Waals surface area contributed by atoms with Crippen LogP contribution in [0.25, 0.3) is 0 Å². The summed E-state index contributed by atoms with van der Waals surface area (Å²) in [5, 5.41) is 10.4. The van der Waals surface area contributed by atoms with Crippen LogP contribution in [-0.4, -0.2) is 45.0 Å². The maximum Gasteiger partial charge on any atom is 0.255 e. The average Bonchev–Trinajstić information content (AvgIpc) is 3.27. The second kappa shape index (κ2) is 9.26. The summed E-state index contributed by atoms with van der Waals surface area (Å²) in [5.41, 5.74) is 3.20.